The summed E-state index contributed by atoms with van der Waals surface area (Å²) in [6.45, 7) is 4.36. The van der Waals surface area contributed by atoms with E-state index in [1.807, 2.05) is 42.5 Å². The quantitative estimate of drug-likeness (QED) is 0.748. The van der Waals surface area contributed by atoms with E-state index in [-0.39, 0.29) is 5.91 Å². The second-order valence-electron chi connectivity index (χ2n) is 6.12. The fourth-order valence-electron chi connectivity index (χ4n) is 2.54. The van der Waals surface area contributed by atoms with Gasteiger partial charge in [0.2, 0.25) is 0 Å². The third-order valence-electron chi connectivity index (χ3n) is 3.67. The summed E-state index contributed by atoms with van der Waals surface area (Å²) in [5.41, 5.74) is 3.90. The first-order chi connectivity index (χ1) is 11.6. The van der Waals surface area contributed by atoms with Crippen molar-refractivity contribution < 1.29 is 4.79 Å². The van der Waals surface area contributed by atoms with Gasteiger partial charge in [0, 0.05) is 11.8 Å². The molecular formula is C19H20N4O. The molecule has 2 N–H and O–H groups in total. The van der Waals surface area contributed by atoms with Gasteiger partial charge in [0.05, 0.1) is 17.6 Å². The minimum absolute atomic E-state index is 0.162. The summed E-state index contributed by atoms with van der Waals surface area (Å²) in [5.74, 6) is 0.432. The summed E-state index contributed by atoms with van der Waals surface area (Å²) in [7, 11) is 0. The van der Waals surface area contributed by atoms with Crippen molar-refractivity contribution in [1.82, 2.24) is 15.2 Å². The van der Waals surface area contributed by atoms with Crippen molar-refractivity contribution in [3.8, 4) is 11.4 Å². The number of nitrogens with zero attached hydrogens (tertiary/aromatic N) is 2. The number of amides is 1. The van der Waals surface area contributed by atoms with E-state index in [0.29, 0.717) is 22.9 Å². The van der Waals surface area contributed by atoms with Gasteiger partial charge in [-0.1, -0.05) is 32.0 Å². The molecule has 0 bridgehead atoms. The van der Waals surface area contributed by atoms with Gasteiger partial charge in [0.15, 0.2) is 0 Å². The molecule has 0 radical (unpaired) electrons. The predicted molar refractivity (Wildman–Crippen MR) is 94.8 cm³/mol. The largest absolute Gasteiger partial charge is 0.319 e. The molecule has 5 heteroatoms. The lowest BCUT2D eigenvalue weighted by Crippen LogP contribution is -2.12. The Bertz CT molecular complexity index is 807. The Labute approximate surface area is 141 Å². The third kappa shape index (κ3) is 3.68. The standard InChI is InChI=1S/C19H20N4O/c1-13(2)11-14-6-8-15(9-7-14)19(24)22-17-12-21-23-18(17)16-5-3-4-10-20-16/h3-10,12-13H,11H2,1-2H3,(H,21,23)(H,22,24). The lowest BCUT2D eigenvalue weighted by atomic mass is 10.0. The number of H-pyrrole nitrogens is 1. The Hall–Kier alpha value is -2.95. The van der Waals surface area contributed by atoms with Crippen LogP contribution in [-0.4, -0.2) is 21.1 Å². The highest BCUT2D eigenvalue weighted by molar-refractivity contribution is 6.05. The van der Waals surface area contributed by atoms with E-state index in [4.69, 9.17) is 0 Å². The van der Waals surface area contributed by atoms with E-state index in [2.05, 4.69) is 34.3 Å². The molecule has 5 nitrogen and oxygen atoms in total. The summed E-state index contributed by atoms with van der Waals surface area (Å²) in [4.78, 5) is 16.7. The number of hydrogen-bond acceptors (Lipinski definition) is 3. The molecule has 122 valence electrons. The Balaban J connectivity index is 1.75. The van der Waals surface area contributed by atoms with Crippen molar-refractivity contribution in [1.29, 1.82) is 0 Å². The molecule has 0 fully saturated rings. The molecule has 1 aromatic carbocycles. The first-order valence-corrected chi connectivity index (χ1v) is 7.98. The number of aromatic amines is 1. The van der Waals surface area contributed by atoms with Crippen molar-refractivity contribution in [2.75, 3.05) is 5.32 Å². The lowest BCUT2D eigenvalue weighted by Gasteiger charge is -2.08. The third-order valence-corrected chi connectivity index (χ3v) is 3.67. The Kier molecular flexibility index (Phi) is 4.70. The zero-order valence-corrected chi connectivity index (χ0v) is 13.8. The van der Waals surface area contributed by atoms with Gasteiger partial charge in [0.1, 0.15) is 5.69 Å². The minimum Gasteiger partial charge on any atom is -0.319 e. The van der Waals surface area contributed by atoms with Crippen molar-refractivity contribution in [3.05, 3.63) is 66.0 Å². The first kappa shape index (κ1) is 15.9. The lowest BCUT2D eigenvalue weighted by molar-refractivity contribution is 0.102. The van der Waals surface area contributed by atoms with Gasteiger partial charge in [0.25, 0.3) is 5.91 Å². The maximum atomic E-state index is 12.5. The molecular weight excluding hydrogens is 300 g/mol. The average molecular weight is 320 g/mol. The number of rotatable bonds is 5. The Morgan fingerprint density at radius 3 is 2.62 bits per heavy atom. The molecule has 0 aliphatic heterocycles. The highest BCUT2D eigenvalue weighted by Crippen LogP contribution is 2.23. The second-order valence-corrected chi connectivity index (χ2v) is 6.12. The number of hydrogen-bond donors (Lipinski definition) is 2. The van der Waals surface area contributed by atoms with Gasteiger partial charge in [-0.3, -0.25) is 14.9 Å². The van der Waals surface area contributed by atoms with Gasteiger partial charge in [-0.2, -0.15) is 5.10 Å². The fourth-order valence-corrected chi connectivity index (χ4v) is 2.54. The zero-order chi connectivity index (χ0) is 16.9. The highest BCUT2D eigenvalue weighted by Gasteiger charge is 2.13. The number of aromatic nitrogens is 3. The van der Waals surface area contributed by atoms with Gasteiger partial charge < -0.3 is 5.32 Å². The summed E-state index contributed by atoms with van der Waals surface area (Å²) in [6.07, 6.45) is 4.30. The number of benzene rings is 1. The maximum absolute atomic E-state index is 12.5. The summed E-state index contributed by atoms with van der Waals surface area (Å²) < 4.78 is 0. The number of anilines is 1. The van der Waals surface area contributed by atoms with Gasteiger partial charge >= 0.3 is 0 Å². The number of pyridine rings is 1. The molecule has 1 amide bonds. The van der Waals surface area contributed by atoms with Crippen molar-refractivity contribution >= 4 is 11.6 Å². The van der Waals surface area contributed by atoms with Crippen LogP contribution in [0.3, 0.4) is 0 Å². The molecule has 3 aromatic rings. The molecule has 0 aliphatic rings. The zero-order valence-electron chi connectivity index (χ0n) is 13.8. The van der Waals surface area contributed by atoms with Gasteiger partial charge in [-0.05, 0) is 42.2 Å². The molecule has 0 atom stereocenters. The number of carbonyl (C=O) groups excluding carboxylic acids is 1. The normalized spacial score (nSPS) is 10.8. The maximum Gasteiger partial charge on any atom is 0.255 e. The Morgan fingerprint density at radius 2 is 1.96 bits per heavy atom. The molecule has 2 heterocycles. The van der Waals surface area contributed by atoms with Crippen molar-refractivity contribution in [3.63, 3.8) is 0 Å². The van der Waals surface area contributed by atoms with Gasteiger partial charge in [-0.25, -0.2) is 0 Å². The van der Waals surface area contributed by atoms with Crippen LogP contribution in [-0.2, 0) is 6.42 Å². The molecule has 0 saturated carbocycles. The van der Waals surface area contributed by atoms with Crippen LogP contribution in [0.25, 0.3) is 11.4 Å². The number of carbonyl (C=O) groups is 1. The van der Waals surface area contributed by atoms with E-state index in [9.17, 15) is 4.79 Å². The Morgan fingerprint density at radius 1 is 1.17 bits per heavy atom. The highest BCUT2D eigenvalue weighted by atomic mass is 16.1. The van der Waals surface area contributed by atoms with Crippen LogP contribution in [0.2, 0.25) is 0 Å². The fraction of sp³-hybridized carbons (Fsp3) is 0.211. The van der Waals surface area contributed by atoms with E-state index in [1.54, 1.807) is 12.4 Å². The SMILES string of the molecule is CC(C)Cc1ccc(C(=O)Nc2cn[nH]c2-c2ccccn2)cc1. The smallest absolute Gasteiger partial charge is 0.255 e. The monoisotopic (exact) mass is 320 g/mol. The molecule has 0 unspecified atom stereocenters. The van der Waals surface area contributed by atoms with Crippen LogP contribution in [0.4, 0.5) is 5.69 Å². The van der Waals surface area contributed by atoms with E-state index in [1.165, 1.54) is 5.56 Å². The number of nitrogens with one attached hydrogen (secondary N) is 2. The van der Waals surface area contributed by atoms with Crippen LogP contribution >= 0.6 is 0 Å². The molecule has 2 aromatic heterocycles. The summed E-state index contributed by atoms with van der Waals surface area (Å²) >= 11 is 0. The summed E-state index contributed by atoms with van der Waals surface area (Å²) in [5, 5.41) is 9.79. The van der Waals surface area contributed by atoms with Crippen LogP contribution in [0.15, 0.2) is 54.9 Å². The molecule has 0 aliphatic carbocycles. The van der Waals surface area contributed by atoms with Crippen LogP contribution in [0, 0.1) is 5.92 Å². The summed E-state index contributed by atoms with van der Waals surface area (Å²) in [6, 6.07) is 13.3. The van der Waals surface area contributed by atoms with Crippen LogP contribution < -0.4 is 5.32 Å². The minimum atomic E-state index is -0.162. The van der Waals surface area contributed by atoms with Gasteiger partial charge in [-0.15, -0.1) is 0 Å². The van der Waals surface area contributed by atoms with Crippen molar-refractivity contribution in [2.24, 2.45) is 5.92 Å². The van der Waals surface area contributed by atoms with E-state index >= 15 is 0 Å². The topological polar surface area (TPSA) is 70.7 Å². The van der Waals surface area contributed by atoms with Crippen molar-refractivity contribution in [2.45, 2.75) is 20.3 Å². The molecule has 0 spiro atoms. The molecule has 24 heavy (non-hydrogen) atoms. The average Bonchev–Trinajstić information content (AvgIpc) is 3.04. The first-order valence-electron chi connectivity index (χ1n) is 7.98. The second kappa shape index (κ2) is 7.08. The predicted octanol–water partition coefficient (Wildman–Crippen LogP) is 3.92. The van der Waals surface area contributed by atoms with E-state index < -0.39 is 0 Å². The van der Waals surface area contributed by atoms with Crippen LogP contribution in [0.5, 0.6) is 0 Å². The van der Waals surface area contributed by atoms with E-state index in [0.717, 1.165) is 12.1 Å². The molecule has 0 saturated heterocycles. The molecule has 3 rings (SSSR count). The van der Waals surface area contributed by atoms with Crippen LogP contribution in [0.1, 0.15) is 29.8 Å².